The topological polar surface area (TPSA) is 95.2 Å². The number of amides is 1. The lowest BCUT2D eigenvalue weighted by atomic mass is 10.3. The van der Waals surface area contributed by atoms with Crippen molar-refractivity contribution in [3.63, 3.8) is 0 Å². The Bertz CT molecular complexity index is 948. The van der Waals surface area contributed by atoms with Crippen LogP contribution in [0.5, 0.6) is 0 Å². The lowest BCUT2D eigenvalue weighted by Crippen LogP contribution is -2.29. The van der Waals surface area contributed by atoms with E-state index in [4.69, 9.17) is 0 Å². The molecule has 0 bridgehead atoms. The number of carbonyl (C=O) groups is 1. The predicted octanol–water partition coefficient (Wildman–Crippen LogP) is 2.34. The van der Waals surface area contributed by atoms with Gasteiger partial charge in [-0.2, -0.15) is 0 Å². The molecule has 0 aliphatic heterocycles. The van der Waals surface area contributed by atoms with Crippen LogP contribution in [0.15, 0.2) is 46.0 Å². The van der Waals surface area contributed by atoms with E-state index in [1.807, 2.05) is 24.3 Å². The van der Waals surface area contributed by atoms with Crippen molar-refractivity contribution in [3.8, 4) is 0 Å². The van der Waals surface area contributed by atoms with Crippen LogP contribution in [-0.4, -0.2) is 42.2 Å². The normalized spacial score (nSPS) is 11.9. The number of imidazole rings is 1. The molecule has 1 aromatic carbocycles. The van der Waals surface area contributed by atoms with Gasteiger partial charge in [-0.25, -0.2) is 17.7 Å². The van der Waals surface area contributed by atoms with E-state index in [9.17, 15) is 13.2 Å². The Morgan fingerprint density at radius 1 is 1.27 bits per heavy atom. The average molecular weight is 393 g/mol. The molecule has 7 nitrogen and oxygen atoms in total. The fourth-order valence-corrected chi connectivity index (χ4v) is 4.92. The highest BCUT2D eigenvalue weighted by Crippen LogP contribution is 2.20. The Kier molecular flexibility index (Phi) is 5.70. The summed E-state index contributed by atoms with van der Waals surface area (Å²) in [7, 11) is -1.93. The second-order valence-electron chi connectivity index (χ2n) is 5.84. The molecule has 1 amide bonds. The number of benzene rings is 1. The van der Waals surface area contributed by atoms with Gasteiger partial charge in [-0.15, -0.1) is 11.3 Å². The number of aromatic nitrogens is 2. The molecule has 0 spiro atoms. The Balaban J connectivity index is 1.44. The lowest BCUT2D eigenvalue weighted by Gasteiger charge is -2.15. The second kappa shape index (κ2) is 7.98. The van der Waals surface area contributed by atoms with Gasteiger partial charge in [0.05, 0.1) is 17.6 Å². The largest absolute Gasteiger partial charge is 0.349 e. The average Bonchev–Trinajstić information content (AvgIpc) is 3.29. The molecule has 0 radical (unpaired) electrons. The highest BCUT2D eigenvalue weighted by Gasteiger charge is 2.21. The van der Waals surface area contributed by atoms with Gasteiger partial charge in [-0.3, -0.25) is 4.79 Å². The molecule has 0 unspecified atom stereocenters. The smallest absolute Gasteiger partial charge is 0.252 e. The third-order valence-corrected chi connectivity index (χ3v) is 7.16. The lowest BCUT2D eigenvalue weighted by molar-refractivity contribution is -0.121. The first kappa shape index (κ1) is 18.6. The number of thiophene rings is 1. The van der Waals surface area contributed by atoms with Crippen molar-refractivity contribution >= 4 is 38.3 Å². The van der Waals surface area contributed by atoms with Crippen LogP contribution in [0.3, 0.4) is 0 Å². The van der Waals surface area contributed by atoms with Crippen molar-refractivity contribution in [3.05, 3.63) is 47.6 Å². The van der Waals surface area contributed by atoms with Crippen molar-refractivity contribution in [2.24, 2.45) is 0 Å². The van der Waals surface area contributed by atoms with E-state index in [2.05, 4.69) is 15.3 Å². The maximum absolute atomic E-state index is 12.3. The molecule has 2 aromatic heterocycles. The molecular weight excluding hydrogens is 372 g/mol. The number of sulfonamides is 1. The summed E-state index contributed by atoms with van der Waals surface area (Å²) in [6, 6.07) is 10.9. The minimum atomic E-state index is -3.46. The van der Waals surface area contributed by atoms with Crippen molar-refractivity contribution in [2.75, 3.05) is 13.6 Å². The molecular formula is C17H20N4O3S2. The molecule has 0 saturated heterocycles. The van der Waals surface area contributed by atoms with Gasteiger partial charge in [0.1, 0.15) is 10.0 Å². The van der Waals surface area contributed by atoms with Crippen molar-refractivity contribution < 1.29 is 13.2 Å². The maximum atomic E-state index is 12.3. The summed E-state index contributed by atoms with van der Waals surface area (Å²) >= 11 is 1.19. The number of aromatic amines is 1. The van der Waals surface area contributed by atoms with E-state index < -0.39 is 10.0 Å². The van der Waals surface area contributed by atoms with Gasteiger partial charge in [0.15, 0.2) is 0 Å². The number of rotatable bonds is 8. The SMILES string of the molecule is CN(CCCC(=O)NCc1nc2ccccc2[nH]1)S(=O)(=O)c1cccs1. The van der Waals surface area contributed by atoms with E-state index in [1.165, 1.54) is 22.7 Å². The first-order chi connectivity index (χ1) is 12.5. The third kappa shape index (κ3) is 4.29. The maximum Gasteiger partial charge on any atom is 0.252 e. The van der Waals surface area contributed by atoms with E-state index in [0.29, 0.717) is 23.0 Å². The number of para-hydroxylation sites is 2. The van der Waals surface area contributed by atoms with Gasteiger partial charge in [-0.1, -0.05) is 18.2 Å². The summed E-state index contributed by atoms with van der Waals surface area (Å²) in [5.74, 6) is 0.560. The molecule has 2 N–H and O–H groups in total. The molecule has 26 heavy (non-hydrogen) atoms. The summed E-state index contributed by atoms with van der Waals surface area (Å²) in [6.45, 7) is 0.606. The number of hydrogen-bond acceptors (Lipinski definition) is 5. The zero-order chi connectivity index (χ0) is 18.6. The molecule has 2 heterocycles. The van der Waals surface area contributed by atoms with E-state index >= 15 is 0 Å². The zero-order valence-electron chi connectivity index (χ0n) is 14.3. The molecule has 0 saturated carbocycles. The summed E-state index contributed by atoms with van der Waals surface area (Å²) in [5, 5.41) is 4.53. The zero-order valence-corrected chi connectivity index (χ0v) is 15.9. The van der Waals surface area contributed by atoms with Crippen LogP contribution in [0.4, 0.5) is 0 Å². The first-order valence-corrected chi connectivity index (χ1v) is 10.5. The van der Waals surface area contributed by atoms with Crippen molar-refractivity contribution in [1.29, 1.82) is 0 Å². The second-order valence-corrected chi connectivity index (χ2v) is 9.06. The van der Waals surface area contributed by atoms with Crippen LogP contribution in [0, 0.1) is 0 Å². The molecule has 0 atom stereocenters. The third-order valence-electron chi connectivity index (χ3n) is 3.93. The Labute approximate surface area is 156 Å². The molecule has 0 fully saturated rings. The number of nitrogens with one attached hydrogen (secondary N) is 2. The fraction of sp³-hybridized carbons (Fsp3) is 0.294. The summed E-state index contributed by atoms with van der Waals surface area (Å²) in [5.41, 5.74) is 1.79. The minimum Gasteiger partial charge on any atom is -0.349 e. The molecule has 138 valence electrons. The summed E-state index contributed by atoms with van der Waals surface area (Å²) < 4.78 is 26.2. The van der Waals surface area contributed by atoms with Crippen LogP contribution < -0.4 is 5.32 Å². The molecule has 3 aromatic rings. The number of carbonyl (C=O) groups excluding carboxylic acids is 1. The van der Waals surface area contributed by atoms with E-state index in [1.54, 1.807) is 17.5 Å². The molecule has 0 aliphatic carbocycles. The number of hydrogen-bond donors (Lipinski definition) is 2. The van der Waals surface area contributed by atoms with Gasteiger partial charge >= 0.3 is 0 Å². The molecule has 3 rings (SSSR count). The van der Waals surface area contributed by atoms with Gasteiger partial charge in [0.25, 0.3) is 10.0 Å². The standard InChI is InChI=1S/C17H20N4O3S2/c1-21(26(23,24)17-9-5-11-25-17)10-4-8-16(22)18-12-15-19-13-6-2-3-7-14(13)20-15/h2-3,5-7,9,11H,4,8,10,12H2,1H3,(H,18,22)(H,19,20). The van der Waals surface area contributed by atoms with Crippen LogP contribution in [0.2, 0.25) is 0 Å². The quantitative estimate of drug-likeness (QED) is 0.615. The predicted molar refractivity (Wildman–Crippen MR) is 101 cm³/mol. The van der Waals surface area contributed by atoms with Crippen molar-refractivity contribution in [1.82, 2.24) is 19.6 Å². The van der Waals surface area contributed by atoms with Gasteiger partial charge in [0.2, 0.25) is 5.91 Å². The van der Waals surface area contributed by atoms with E-state index in [-0.39, 0.29) is 18.9 Å². The number of fused-ring (bicyclic) bond motifs is 1. The number of nitrogens with zero attached hydrogens (tertiary/aromatic N) is 2. The Morgan fingerprint density at radius 3 is 2.81 bits per heavy atom. The Morgan fingerprint density at radius 2 is 2.08 bits per heavy atom. The minimum absolute atomic E-state index is 0.132. The Hall–Kier alpha value is -2.23. The highest BCUT2D eigenvalue weighted by atomic mass is 32.2. The van der Waals surface area contributed by atoms with Crippen molar-refractivity contribution in [2.45, 2.75) is 23.6 Å². The number of H-pyrrole nitrogens is 1. The highest BCUT2D eigenvalue weighted by molar-refractivity contribution is 7.91. The van der Waals surface area contributed by atoms with Crippen LogP contribution in [-0.2, 0) is 21.4 Å². The van der Waals surface area contributed by atoms with Crippen LogP contribution in [0.25, 0.3) is 11.0 Å². The van der Waals surface area contributed by atoms with Crippen LogP contribution in [0.1, 0.15) is 18.7 Å². The first-order valence-electron chi connectivity index (χ1n) is 8.17. The van der Waals surface area contributed by atoms with Gasteiger partial charge in [0, 0.05) is 20.0 Å². The monoisotopic (exact) mass is 392 g/mol. The van der Waals surface area contributed by atoms with Gasteiger partial charge in [-0.05, 0) is 30.0 Å². The molecule has 9 heteroatoms. The molecule has 0 aliphatic rings. The summed E-state index contributed by atoms with van der Waals surface area (Å²) in [4.78, 5) is 19.5. The summed E-state index contributed by atoms with van der Waals surface area (Å²) in [6.07, 6.45) is 0.706. The van der Waals surface area contributed by atoms with Crippen LogP contribution >= 0.6 is 11.3 Å². The van der Waals surface area contributed by atoms with Gasteiger partial charge < -0.3 is 10.3 Å². The fourth-order valence-electron chi connectivity index (χ4n) is 2.51. The van der Waals surface area contributed by atoms with E-state index in [0.717, 1.165) is 11.0 Å².